The van der Waals surface area contributed by atoms with Crippen molar-refractivity contribution >= 4 is 56.4 Å². The molecule has 2 nitrogen and oxygen atoms in total. The summed E-state index contributed by atoms with van der Waals surface area (Å²) in [5, 5.41) is 2.14. The van der Waals surface area contributed by atoms with Crippen molar-refractivity contribution in [3.63, 3.8) is 0 Å². The standard InChI is InChI=1S/C21H16Cl2O2S2/c1-9-6-14-16(10(2)18(9)23)13-8-26-20-17(21(13,3)25-14)19(24)12-5-4-11(22)7-15(12)27-20/h4-7,13H,8H2,1-3H3/t13-,21+/m1/s1. The second-order valence-corrected chi connectivity index (χ2v) is 10.5. The Kier molecular flexibility index (Phi) is 3.90. The van der Waals surface area contributed by atoms with Gasteiger partial charge in [0.05, 0.1) is 9.77 Å². The maximum Gasteiger partial charge on any atom is 0.196 e. The maximum atomic E-state index is 13.4. The van der Waals surface area contributed by atoms with Crippen LogP contribution in [0.4, 0.5) is 0 Å². The molecule has 0 bridgehead atoms. The number of benzene rings is 2. The SMILES string of the molecule is Cc1cc2c(c(C)c1Cl)[C@H]1CSc3sc4cc(Cl)ccc4c(=O)c3[C@@]1(C)O2. The van der Waals surface area contributed by atoms with Gasteiger partial charge in [0, 0.05) is 37.4 Å². The summed E-state index contributed by atoms with van der Waals surface area (Å²) in [5.74, 6) is 1.82. The highest BCUT2D eigenvalue weighted by atomic mass is 35.5. The Morgan fingerprint density at radius 2 is 2.00 bits per heavy atom. The van der Waals surface area contributed by atoms with E-state index in [1.165, 1.54) is 0 Å². The number of halogens is 2. The Hall–Kier alpha value is -1.20. The molecule has 2 aromatic carbocycles. The minimum atomic E-state index is -0.674. The number of hydrogen-bond acceptors (Lipinski definition) is 4. The molecule has 0 fully saturated rings. The van der Waals surface area contributed by atoms with Gasteiger partial charge in [-0.2, -0.15) is 0 Å². The molecule has 3 heterocycles. The van der Waals surface area contributed by atoms with Crippen LogP contribution in [0.1, 0.15) is 35.1 Å². The van der Waals surface area contributed by atoms with Gasteiger partial charge >= 0.3 is 0 Å². The van der Waals surface area contributed by atoms with Crippen molar-refractivity contribution < 1.29 is 4.74 Å². The molecule has 0 saturated carbocycles. The Morgan fingerprint density at radius 1 is 1.22 bits per heavy atom. The first kappa shape index (κ1) is 17.9. The molecule has 138 valence electrons. The molecular weight excluding hydrogens is 419 g/mol. The van der Waals surface area contributed by atoms with E-state index in [0.29, 0.717) is 10.4 Å². The third-order valence-electron chi connectivity index (χ3n) is 5.73. The van der Waals surface area contributed by atoms with E-state index in [1.54, 1.807) is 29.2 Å². The minimum absolute atomic E-state index is 0.0448. The molecule has 1 aromatic heterocycles. The lowest BCUT2D eigenvalue weighted by atomic mass is 9.80. The van der Waals surface area contributed by atoms with E-state index < -0.39 is 5.60 Å². The maximum absolute atomic E-state index is 13.4. The van der Waals surface area contributed by atoms with E-state index in [2.05, 4.69) is 6.92 Å². The lowest BCUT2D eigenvalue weighted by Crippen LogP contribution is -2.40. The largest absolute Gasteiger partial charge is 0.482 e. The van der Waals surface area contributed by atoms with Crippen LogP contribution in [-0.2, 0) is 5.60 Å². The molecule has 0 unspecified atom stereocenters. The summed E-state index contributed by atoms with van der Waals surface area (Å²) in [6, 6.07) is 7.48. The molecule has 27 heavy (non-hydrogen) atoms. The predicted octanol–water partition coefficient (Wildman–Crippen LogP) is 6.68. The number of hydrogen-bond donors (Lipinski definition) is 0. The van der Waals surface area contributed by atoms with Crippen molar-refractivity contribution in [1.82, 2.24) is 0 Å². The molecule has 0 radical (unpaired) electrons. The first-order chi connectivity index (χ1) is 12.8. The van der Waals surface area contributed by atoms with Gasteiger partial charge < -0.3 is 4.74 Å². The van der Waals surface area contributed by atoms with Crippen molar-refractivity contribution in [2.45, 2.75) is 36.5 Å². The van der Waals surface area contributed by atoms with Gasteiger partial charge in [0.1, 0.15) is 11.4 Å². The monoisotopic (exact) mass is 434 g/mol. The van der Waals surface area contributed by atoms with Crippen molar-refractivity contribution in [3.05, 3.63) is 66.8 Å². The van der Waals surface area contributed by atoms with Crippen LogP contribution < -0.4 is 10.2 Å². The summed E-state index contributed by atoms with van der Waals surface area (Å²) >= 11 is 16.0. The quantitative estimate of drug-likeness (QED) is 0.394. The Bertz CT molecular complexity index is 1200. The zero-order valence-electron chi connectivity index (χ0n) is 15.0. The molecule has 0 amide bonds. The van der Waals surface area contributed by atoms with E-state index in [0.717, 1.165) is 47.7 Å². The Morgan fingerprint density at radius 3 is 2.78 bits per heavy atom. The first-order valence-corrected chi connectivity index (χ1v) is 11.3. The molecule has 5 rings (SSSR count). The number of rotatable bonds is 0. The second kappa shape index (κ2) is 5.90. The van der Waals surface area contributed by atoms with Gasteiger partial charge in [0.15, 0.2) is 5.43 Å². The van der Waals surface area contributed by atoms with Crippen LogP contribution in [0.2, 0.25) is 10.0 Å². The molecule has 6 heteroatoms. The minimum Gasteiger partial charge on any atom is -0.482 e. The third-order valence-corrected chi connectivity index (χ3v) is 9.06. The first-order valence-electron chi connectivity index (χ1n) is 8.69. The Balaban J connectivity index is 1.79. The topological polar surface area (TPSA) is 26.3 Å². The highest BCUT2D eigenvalue weighted by molar-refractivity contribution is 8.01. The van der Waals surface area contributed by atoms with Gasteiger partial charge in [0.25, 0.3) is 0 Å². The van der Waals surface area contributed by atoms with Gasteiger partial charge in [-0.1, -0.05) is 23.2 Å². The zero-order chi connectivity index (χ0) is 19.1. The van der Waals surface area contributed by atoms with Gasteiger partial charge in [-0.05, 0) is 56.2 Å². The molecule has 2 atom stereocenters. The van der Waals surface area contributed by atoms with Crippen LogP contribution in [0.25, 0.3) is 10.1 Å². The van der Waals surface area contributed by atoms with E-state index in [9.17, 15) is 4.79 Å². The van der Waals surface area contributed by atoms with Gasteiger partial charge in [-0.25, -0.2) is 0 Å². The summed E-state index contributed by atoms with van der Waals surface area (Å²) in [4.78, 5) is 13.4. The number of ether oxygens (including phenoxy) is 1. The average molecular weight is 435 g/mol. The third kappa shape index (κ3) is 2.37. The Labute approximate surface area is 175 Å². The smallest absolute Gasteiger partial charge is 0.196 e. The fourth-order valence-electron chi connectivity index (χ4n) is 4.33. The van der Waals surface area contributed by atoms with Crippen molar-refractivity contribution in [2.24, 2.45) is 0 Å². The van der Waals surface area contributed by atoms with E-state index >= 15 is 0 Å². The van der Waals surface area contributed by atoms with Crippen LogP contribution in [0.5, 0.6) is 5.75 Å². The van der Waals surface area contributed by atoms with Crippen molar-refractivity contribution in [3.8, 4) is 5.75 Å². The zero-order valence-corrected chi connectivity index (χ0v) is 18.1. The van der Waals surface area contributed by atoms with Gasteiger partial charge in [-0.3, -0.25) is 4.79 Å². The summed E-state index contributed by atoms with van der Waals surface area (Å²) < 4.78 is 8.46. The summed E-state index contributed by atoms with van der Waals surface area (Å²) in [5.41, 5.74) is 3.35. The average Bonchev–Trinajstić information content (AvgIpc) is 2.91. The number of thioether (sulfide) groups is 1. The highest BCUT2D eigenvalue weighted by Gasteiger charge is 2.52. The van der Waals surface area contributed by atoms with Crippen LogP contribution >= 0.6 is 46.3 Å². The lowest BCUT2D eigenvalue weighted by molar-refractivity contribution is 0.0885. The fourth-order valence-corrected chi connectivity index (χ4v) is 7.73. The molecular formula is C21H16Cl2O2S2. The molecule has 0 aliphatic carbocycles. The van der Waals surface area contributed by atoms with E-state index in [-0.39, 0.29) is 11.3 Å². The molecule has 2 aliphatic heterocycles. The summed E-state index contributed by atoms with van der Waals surface area (Å²) in [7, 11) is 0. The van der Waals surface area contributed by atoms with Crippen LogP contribution in [-0.4, -0.2) is 5.75 Å². The van der Waals surface area contributed by atoms with Crippen LogP contribution in [0.3, 0.4) is 0 Å². The second-order valence-electron chi connectivity index (χ2n) is 7.35. The number of fused-ring (bicyclic) bond motifs is 6. The van der Waals surface area contributed by atoms with Crippen LogP contribution in [0.15, 0.2) is 33.3 Å². The number of aryl methyl sites for hydroxylation is 1. The lowest BCUT2D eigenvalue weighted by Gasteiger charge is -2.36. The summed E-state index contributed by atoms with van der Waals surface area (Å²) in [6.45, 7) is 6.09. The van der Waals surface area contributed by atoms with Crippen LogP contribution in [0, 0.1) is 13.8 Å². The normalized spacial score (nSPS) is 22.9. The van der Waals surface area contributed by atoms with Crippen molar-refractivity contribution in [2.75, 3.05) is 5.75 Å². The molecule has 0 saturated heterocycles. The van der Waals surface area contributed by atoms with E-state index in [1.807, 2.05) is 32.0 Å². The molecule has 0 spiro atoms. The molecule has 2 aliphatic rings. The predicted molar refractivity (Wildman–Crippen MR) is 115 cm³/mol. The summed E-state index contributed by atoms with van der Waals surface area (Å²) in [6.07, 6.45) is 0. The van der Waals surface area contributed by atoms with Gasteiger partial charge in [0.2, 0.25) is 0 Å². The van der Waals surface area contributed by atoms with E-state index in [4.69, 9.17) is 27.9 Å². The van der Waals surface area contributed by atoms with Crippen molar-refractivity contribution in [1.29, 1.82) is 0 Å². The van der Waals surface area contributed by atoms with Gasteiger partial charge in [-0.15, -0.1) is 23.1 Å². The molecule has 3 aromatic rings. The molecule has 0 N–H and O–H groups in total. The fraction of sp³-hybridized carbons (Fsp3) is 0.286. The highest BCUT2D eigenvalue weighted by Crippen LogP contribution is 2.58.